The third-order valence-corrected chi connectivity index (χ3v) is 4.82. The molecule has 2 atom stereocenters. The predicted octanol–water partition coefficient (Wildman–Crippen LogP) is 5.17. The van der Waals surface area contributed by atoms with Gasteiger partial charge < -0.3 is 29.7 Å². The molecule has 0 aliphatic heterocycles. The SMILES string of the molecule is CC[C@@H](NC(=O)OC(C)(C)C)C(O)Nc1ccc(Oc2cccc3onc(C(C)C)c23)nc1. The number of ether oxygens (including phenoxy) is 2. The number of hydrogen-bond acceptors (Lipinski definition) is 8. The quantitative estimate of drug-likeness (QED) is 0.397. The number of fused-ring (bicyclic) bond motifs is 1. The van der Waals surface area contributed by atoms with Gasteiger partial charge in [-0.15, -0.1) is 0 Å². The lowest BCUT2D eigenvalue weighted by Gasteiger charge is -2.26. The number of nitrogens with one attached hydrogen (secondary N) is 2. The lowest BCUT2D eigenvalue weighted by Crippen LogP contribution is -2.48. The van der Waals surface area contributed by atoms with E-state index in [1.54, 1.807) is 39.1 Å². The molecule has 0 spiro atoms. The summed E-state index contributed by atoms with van der Waals surface area (Å²) in [4.78, 5) is 16.4. The van der Waals surface area contributed by atoms with E-state index in [1.165, 1.54) is 0 Å². The Hall–Kier alpha value is -3.33. The zero-order valence-electron chi connectivity index (χ0n) is 19.9. The number of carbonyl (C=O) groups is 1. The average molecular weight is 457 g/mol. The highest BCUT2D eigenvalue weighted by Crippen LogP contribution is 2.34. The van der Waals surface area contributed by atoms with E-state index in [0.29, 0.717) is 29.3 Å². The minimum absolute atomic E-state index is 0.179. The monoisotopic (exact) mass is 456 g/mol. The predicted molar refractivity (Wildman–Crippen MR) is 125 cm³/mol. The van der Waals surface area contributed by atoms with Gasteiger partial charge in [-0.25, -0.2) is 9.78 Å². The lowest BCUT2D eigenvalue weighted by molar-refractivity contribution is 0.0441. The van der Waals surface area contributed by atoms with E-state index in [1.807, 2.05) is 39.0 Å². The normalized spacial score (nSPS) is 13.6. The molecule has 33 heavy (non-hydrogen) atoms. The van der Waals surface area contributed by atoms with E-state index >= 15 is 0 Å². The molecular formula is C24H32N4O5. The van der Waals surface area contributed by atoms with E-state index in [4.69, 9.17) is 14.0 Å². The molecule has 3 aromatic rings. The number of aromatic nitrogens is 2. The first-order chi connectivity index (χ1) is 15.6. The number of nitrogens with zero attached hydrogens (tertiary/aromatic N) is 2. The van der Waals surface area contributed by atoms with Crippen LogP contribution in [-0.4, -0.2) is 39.2 Å². The van der Waals surface area contributed by atoms with Crippen molar-refractivity contribution in [1.29, 1.82) is 0 Å². The van der Waals surface area contributed by atoms with Crippen LogP contribution in [0.15, 0.2) is 41.1 Å². The van der Waals surface area contributed by atoms with Crippen LogP contribution in [0.4, 0.5) is 10.5 Å². The van der Waals surface area contributed by atoms with Crippen molar-refractivity contribution < 1.29 is 23.9 Å². The van der Waals surface area contributed by atoms with Gasteiger partial charge in [-0.05, 0) is 51.3 Å². The minimum Gasteiger partial charge on any atom is -0.444 e. The van der Waals surface area contributed by atoms with Crippen LogP contribution < -0.4 is 15.4 Å². The van der Waals surface area contributed by atoms with Gasteiger partial charge in [0.2, 0.25) is 5.88 Å². The number of amides is 1. The van der Waals surface area contributed by atoms with Crippen molar-refractivity contribution in [3.63, 3.8) is 0 Å². The molecule has 1 unspecified atom stereocenters. The summed E-state index contributed by atoms with van der Waals surface area (Å²) >= 11 is 0. The van der Waals surface area contributed by atoms with Crippen LogP contribution in [0.1, 0.15) is 59.6 Å². The van der Waals surface area contributed by atoms with Gasteiger partial charge in [-0.3, -0.25) is 0 Å². The van der Waals surface area contributed by atoms with Gasteiger partial charge in [-0.2, -0.15) is 0 Å². The minimum atomic E-state index is -1.03. The summed E-state index contributed by atoms with van der Waals surface area (Å²) in [5.74, 6) is 1.17. The highest BCUT2D eigenvalue weighted by Gasteiger charge is 2.23. The summed E-state index contributed by atoms with van der Waals surface area (Å²) in [6.45, 7) is 11.3. The molecule has 0 radical (unpaired) electrons. The smallest absolute Gasteiger partial charge is 0.408 e. The van der Waals surface area contributed by atoms with Crippen molar-refractivity contribution in [3.05, 3.63) is 42.2 Å². The summed E-state index contributed by atoms with van der Waals surface area (Å²) in [5, 5.41) is 21.1. The van der Waals surface area contributed by atoms with E-state index in [2.05, 4.69) is 20.8 Å². The van der Waals surface area contributed by atoms with E-state index in [0.717, 1.165) is 11.1 Å². The summed E-state index contributed by atoms with van der Waals surface area (Å²) < 4.78 is 16.7. The molecule has 0 fully saturated rings. The molecule has 178 valence electrons. The Morgan fingerprint density at radius 2 is 1.97 bits per heavy atom. The van der Waals surface area contributed by atoms with Crippen molar-refractivity contribution in [2.75, 3.05) is 5.32 Å². The number of aliphatic hydroxyl groups excluding tert-OH is 1. The third-order valence-electron chi connectivity index (χ3n) is 4.82. The summed E-state index contributed by atoms with van der Waals surface area (Å²) in [7, 11) is 0. The van der Waals surface area contributed by atoms with Crippen molar-refractivity contribution in [2.24, 2.45) is 0 Å². The molecule has 0 saturated carbocycles. The Labute approximate surface area is 193 Å². The lowest BCUT2D eigenvalue weighted by atomic mass is 10.1. The van der Waals surface area contributed by atoms with E-state index in [9.17, 15) is 9.90 Å². The molecular weight excluding hydrogens is 424 g/mol. The third kappa shape index (κ3) is 6.35. The highest BCUT2D eigenvalue weighted by molar-refractivity contribution is 5.86. The molecule has 9 nitrogen and oxygen atoms in total. The number of alkyl carbamates (subject to hydrolysis) is 1. The molecule has 0 bridgehead atoms. The van der Waals surface area contributed by atoms with Crippen LogP contribution in [0, 0.1) is 0 Å². The number of pyridine rings is 1. The zero-order valence-corrected chi connectivity index (χ0v) is 19.9. The van der Waals surface area contributed by atoms with Crippen molar-refractivity contribution in [3.8, 4) is 11.6 Å². The van der Waals surface area contributed by atoms with Crippen LogP contribution in [0.2, 0.25) is 0 Å². The van der Waals surface area contributed by atoms with Gasteiger partial charge in [0.25, 0.3) is 0 Å². The standard InChI is InChI=1S/C24H32N4O5/c1-7-16(27-23(30)32-24(4,5)6)22(29)26-15-11-12-19(25-13-15)31-17-9-8-10-18-20(17)21(14(2)3)28-33-18/h8-14,16,22,26,29H,7H2,1-6H3,(H,27,30)/t16-,22?/m1/s1. The Morgan fingerprint density at radius 1 is 1.21 bits per heavy atom. The number of benzene rings is 1. The highest BCUT2D eigenvalue weighted by atomic mass is 16.6. The Bertz CT molecular complexity index is 1070. The van der Waals surface area contributed by atoms with Gasteiger partial charge in [0.15, 0.2) is 5.58 Å². The zero-order chi connectivity index (χ0) is 24.2. The van der Waals surface area contributed by atoms with Crippen molar-refractivity contribution >= 4 is 22.7 Å². The number of hydrogen-bond donors (Lipinski definition) is 3. The maximum Gasteiger partial charge on any atom is 0.408 e. The van der Waals surface area contributed by atoms with Gasteiger partial charge in [0.1, 0.15) is 17.6 Å². The first-order valence-corrected chi connectivity index (χ1v) is 11.0. The first-order valence-electron chi connectivity index (χ1n) is 11.0. The molecule has 0 aliphatic carbocycles. The fourth-order valence-electron chi connectivity index (χ4n) is 3.24. The van der Waals surface area contributed by atoms with Crippen LogP contribution in [-0.2, 0) is 4.74 Å². The first kappa shape index (κ1) is 24.3. The summed E-state index contributed by atoms with van der Waals surface area (Å²) in [5.41, 5.74) is 1.43. The van der Waals surface area contributed by atoms with Crippen molar-refractivity contribution in [2.45, 2.75) is 71.8 Å². The largest absolute Gasteiger partial charge is 0.444 e. The van der Waals surface area contributed by atoms with Crippen LogP contribution in [0.3, 0.4) is 0 Å². The summed E-state index contributed by atoms with van der Waals surface area (Å²) in [6, 6.07) is 8.41. The van der Waals surface area contributed by atoms with E-state index < -0.39 is 24.0 Å². The van der Waals surface area contributed by atoms with Crippen LogP contribution in [0.5, 0.6) is 11.6 Å². The van der Waals surface area contributed by atoms with Gasteiger partial charge >= 0.3 is 6.09 Å². The van der Waals surface area contributed by atoms with Crippen LogP contribution in [0.25, 0.3) is 11.0 Å². The van der Waals surface area contributed by atoms with E-state index in [-0.39, 0.29) is 5.92 Å². The molecule has 0 aliphatic rings. The summed E-state index contributed by atoms with van der Waals surface area (Å²) in [6.07, 6.45) is 0.440. The maximum absolute atomic E-state index is 12.0. The number of rotatable bonds is 8. The fourth-order valence-corrected chi connectivity index (χ4v) is 3.24. The molecule has 3 rings (SSSR count). The number of aliphatic hydroxyl groups is 1. The molecule has 3 N–H and O–H groups in total. The van der Waals surface area contributed by atoms with Crippen LogP contribution >= 0.6 is 0 Å². The number of anilines is 1. The fraction of sp³-hybridized carbons (Fsp3) is 0.458. The average Bonchev–Trinajstić information content (AvgIpc) is 3.17. The second kappa shape index (κ2) is 10.1. The Kier molecular flexibility index (Phi) is 7.43. The second-order valence-electron chi connectivity index (χ2n) is 9.09. The molecule has 1 amide bonds. The Balaban J connectivity index is 1.66. The molecule has 2 aromatic heterocycles. The topological polar surface area (TPSA) is 119 Å². The van der Waals surface area contributed by atoms with Crippen molar-refractivity contribution in [1.82, 2.24) is 15.5 Å². The number of carbonyl (C=O) groups excluding carboxylic acids is 1. The molecule has 9 heteroatoms. The van der Waals surface area contributed by atoms with Gasteiger partial charge in [0.05, 0.1) is 29.0 Å². The Morgan fingerprint density at radius 3 is 2.58 bits per heavy atom. The molecule has 0 saturated heterocycles. The molecule has 1 aromatic carbocycles. The molecule has 2 heterocycles. The van der Waals surface area contributed by atoms with Gasteiger partial charge in [-0.1, -0.05) is 32.0 Å². The maximum atomic E-state index is 12.0. The second-order valence-corrected chi connectivity index (χ2v) is 9.09. The van der Waals surface area contributed by atoms with Gasteiger partial charge in [0, 0.05) is 6.07 Å².